The lowest BCUT2D eigenvalue weighted by Crippen LogP contribution is -2.43. The fourth-order valence-corrected chi connectivity index (χ4v) is 3.54. The van der Waals surface area contributed by atoms with Crippen molar-refractivity contribution in [2.75, 3.05) is 19.0 Å². The Balaban J connectivity index is 1.77. The van der Waals surface area contributed by atoms with Gasteiger partial charge >= 0.3 is 5.97 Å². The predicted octanol–water partition coefficient (Wildman–Crippen LogP) is 4.02. The number of carbonyl (C=O) groups is 3. The second-order valence-electron chi connectivity index (χ2n) is 6.34. The van der Waals surface area contributed by atoms with E-state index in [-0.39, 0.29) is 22.4 Å². The van der Waals surface area contributed by atoms with Crippen LogP contribution in [-0.4, -0.2) is 42.4 Å². The minimum atomic E-state index is -0.635. The third-order valence-electron chi connectivity index (χ3n) is 4.53. The molecule has 1 atom stereocenters. The Bertz CT molecular complexity index is 932. The second-order valence-corrected chi connectivity index (χ2v) is 7.19. The summed E-state index contributed by atoms with van der Waals surface area (Å²) in [7, 11) is 1.29. The van der Waals surface area contributed by atoms with Crippen LogP contribution in [0.4, 0.5) is 5.69 Å². The van der Waals surface area contributed by atoms with Crippen molar-refractivity contribution in [3.05, 3.63) is 63.6 Å². The van der Waals surface area contributed by atoms with E-state index in [0.717, 1.165) is 0 Å². The minimum Gasteiger partial charge on any atom is -0.465 e. The number of anilines is 1. The van der Waals surface area contributed by atoms with Crippen molar-refractivity contribution in [1.29, 1.82) is 0 Å². The van der Waals surface area contributed by atoms with Crippen LogP contribution in [0.15, 0.2) is 42.5 Å². The maximum absolute atomic E-state index is 12.9. The number of rotatable bonds is 4. The first kappa shape index (κ1) is 20.2. The number of nitrogens with one attached hydrogen (secondary N) is 1. The van der Waals surface area contributed by atoms with Crippen molar-refractivity contribution in [3.63, 3.8) is 0 Å². The molecule has 28 heavy (non-hydrogen) atoms. The average molecular weight is 421 g/mol. The molecule has 1 aliphatic rings. The van der Waals surface area contributed by atoms with Crippen LogP contribution >= 0.6 is 23.2 Å². The molecule has 1 unspecified atom stereocenters. The molecule has 6 nitrogen and oxygen atoms in total. The number of nitrogens with zero attached hydrogens (tertiary/aromatic N) is 1. The lowest BCUT2D eigenvalue weighted by atomic mass is 10.1. The molecule has 3 rings (SSSR count). The molecule has 2 aromatic rings. The summed E-state index contributed by atoms with van der Waals surface area (Å²) in [5, 5.41) is 3.45. The van der Waals surface area contributed by atoms with Crippen molar-refractivity contribution in [1.82, 2.24) is 4.90 Å². The lowest BCUT2D eigenvalue weighted by molar-refractivity contribution is -0.119. The van der Waals surface area contributed by atoms with Crippen LogP contribution in [0.1, 0.15) is 33.6 Å². The second kappa shape index (κ2) is 8.63. The van der Waals surface area contributed by atoms with Crippen LogP contribution in [0.5, 0.6) is 0 Å². The van der Waals surface area contributed by atoms with Crippen molar-refractivity contribution in [2.45, 2.75) is 18.9 Å². The van der Waals surface area contributed by atoms with Gasteiger partial charge in [-0.25, -0.2) is 4.79 Å². The topological polar surface area (TPSA) is 75.7 Å². The number of hydrogen-bond acceptors (Lipinski definition) is 4. The summed E-state index contributed by atoms with van der Waals surface area (Å²) in [6.07, 6.45) is 1.23. The van der Waals surface area contributed by atoms with Crippen molar-refractivity contribution >= 4 is 46.7 Å². The first-order valence-corrected chi connectivity index (χ1v) is 9.41. The van der Waals surface area contributed by atoms with Crippen molar-refractivity contribution in [3.8, 4) is 0 Å². The molecule has 0 bridgehead atoms. The Labute approximate surface area is 172 Å². The third-order valence-corrected chi connectivity index (χ3v) is 5.09. The van der Waals surface area contributed by atoms with E-state index < -0.39 is 12.0 Å². The molecule has 1 heterocycles. The smallest absolute Gasteiger partial charge is 0.337 e. The van der Waals surface area contributed by atoms with Crippen LogP contribution in [0.2, 0.25) is 10.0 Å². The van der Waals surface area contributed by atoms with Gasteiger partial charge in [0.2, 0.25) is 5.91 Å². The molecule has 1 saturated heterocycles. The van der Waals surface area contributed by atoms with Gasteiger partial charge in [0.1, 0.15) is 6.04 Å². The maximum atomic E-state index is 12.9. The molecule has 0 spiro atoms. The molecular weight excluding hydrogens is 403 g/mol. The van der Waals surface area contributed by atoms with Gasteiger partial charge in [0.05, 0.1) is 23.3 Å². The summed E-state index contributed by atoms with van der Waals surface area (Å²) in [6, 6.07) is 10.4. The van der Waals surface area contributed by atoms with E-state index in [9.17, 15) is 14.4 Å². The zero-order chi connectivity index (χ0) is 20.3. The molecule has 0 radical (unpaired) electrons. The lowest BCUT2D eigenvalue weighted by Gasteiger charge is -2.24. The number of ether oxygens (including phenoxy) is 1. The monoisotopic (exact) mass is 420 g/mol. The minimum absolute atomic E-state index is 0.265. The highest BCUT2D eigenvalue weighted by Crippen LogP contribution is 2.27. The summed E-state index contributed by atoms with van der Waals surface area (Å²) in [5.74, 6) is -1.16. The van der Waals surface area contributed by atoms with Gasteiger partial charge in [0.15, 0.2) is 0 Å². The molecule has 1 fully saturated rings. The summed E-state index contributed by atoms with van der Waals surface area (Å²) in [4.78, 5) is 38.8. The number of hydrogen-bond donors (Lipinski definition) is 1. The number of halogens is 2. The average Bonchev–Trinajstić information content (AvgIpc) is 3.19. The standard InChI is InChI=1S/C20H18Cl2N2O4/c1-28-20(27)12-4-2-5-14(10-12)23-18(25)17-6-3-9-24(17)19(26)15-11-13(21)7-8-16(15)22/h2,4-5,7-8,10-11,17H,3,6,9H2,1H3,(H,23,25). The fourth-order valence-electron chi connectivity index (χ4n) is 3.17. The van der Waals surface area contributed by atoms with E-state index in [1.54, 1.807) is 30.3 Å². The van der Waals surface area contributed by atoms with Gasteiger partial charge in [0.25, 0.3) is 5.91 Å². The van der Waals surface area contributed by atoms with E-state index >= 15 is 0 Å². The van der Waals surface area contributed by atoms with E-state index in [1.165, 1.54) is 24.1 Å². The molecule has 2 aromatic carbocycles. The van der Waals surface area contributed by atoms with Gasteiger partial charge in [-0.2, -0.15) is 0 Å². The molecule has 2 amide bonds. The number of likely N-dealkylation sites (tertiary alicyclic amines) is 1. The van der Waals surface area contributed by atoms with Gasteiger partial charge in [0, 0.05) is 17.3 Å². The van der Waals surface area contributed by atoms with Crippen molar-refractivity contribution in [2.24, 2.45) is 0 Å². The zero-order valence-electron chi connectivity index (χ0n) is 15.1. The highest BCUT2D eigenvalue weighted by Gasteiger charge is 2.35. The third kappa shape index (κ3) is 4.29. The quantitative estimate of drug-likeness (QED) is 0.757. The summed E-state index contributed by atoms with van der Waals surface area (Å²) >= 11 is 12.1. The summed E-state index contributed by atoms with van der Waals surface area (Å²) < 4.78 is 4.69. The van der Waals surface area contributed by atoms with E-state index in [2.05, 4.69) is 10.1 Å². The highest BCUT2D eigenvalue weighted by molar-refractivity contribution is 6.35. The molecule has 0 aliphatic carbocycles. The zero-order valence-corrected chi connectivity index (χ0v) is 16.6. The maximum Gasteiger partial charge on any atom is 0.337 e. The number of benzene rings is 2. The first-order chi connectivity index (χ1) is 13.4. The Morgan fingerprint density at radius 1 is 1.14 bits per heavy atom. The fraction of sp³-hybridized carbons (Fsp3) is 0.250. The Morgan fingerprint density at radius 3 is 2.68 bits per heavy atom. The molecule has 0 saturated carbocycles. The Hall–Kier alpha value is -2.57. The van der Waals surface area contributed by atoms with Gasteiger partial charge in [-0.15, -0.1) is 0 Å². The Kier molecular flexibility index (Phi) is 6.21. The molecule has 146 valence electrons. The van der Waals surface area contributed by atoms with Crippen LogP contribution in [0.3, 0.4) is 0 Å². The highest BCUT2D eigenvalue weighted by atomic mass is 35.5. The molecule has 8 heteroatoms. The molecule has 1 N–H and O–H groups in total. The van der Waals surface area contributed by atoms with Crippen LogP contribution < -0.4 is 5.32 Å². The van der Waals surface area contributed by atoms with Gasteiger partial charge < -0.3 is 15.0 Å². The van der Waals surface area contributed by atoms with Crippen molar-refractivity contribution < 1.29 is 19.1 Å². The van der Waals surface area contributed by atoms with Gasteiger partial charge in [-0.1, -0.05) is 29.3 Å². The van der Waals surface area contributed by atoms with E-state index in [1.807, 2.05) is 0 Å². The van der Waals surface area contributed by atoms with Gasteiger partial charge in [-0.3, -0.25) is 9.59 Å². The van der Waals surface area contributed by atoms with E-state index in [4.69, 9.17) is 23.2 Å². The molecule has 0 aromatic heterocycles. The van der Waals surface area contributed by atoms with E-state index in [0.29, 0.717) is 35.7 Å². The number of esters is 1. The number of carbonyl (C=O) groups excluding carboxylic acids is 3. The van der Waals surface area contributed by atoms with Crippen LogP contribution in [0.25, 0.3) is 0 Å². The van der Waals surface area contributed by atoms with Gasteiger partial charge in [-0.05, 0) is 49.2 Å². The first-order valence-electron chi connectivity index (χ1n) is 8.66. The Morgan fingerprint density at radius 2 is 1.93 bits per heavy atom. The molecule has 1 aliphatic heterocycles. The predicted molar refractivity (Wildman–Crippen MR) is 107 cm³/mol. The molecular formula is C20H18Cl2N2O4. The number of amides is 2. The van der Waals surface area contributed by atoms with Crippen LogP contribution in [0, 0.1) is 0 Å². The summed E-state index contributed by atoms with van der Waals surface area (Å²) in [5.41, 5.74) is 1.04. The SMILES string of the molecule is COC(=O)c1cccc(NC(=O)C2CCCN2C(=O)c2cc(Cl)ccc2Cl)c1. The normalized spacial score (nSPS) is 16.0. The number of methoxy groups -OCH3 is 1. The largest absolute Gasteiger partial charge is 0.465 e. The van der Waals surface area contributed by atoms with Crippen LogP contribution in [-0.2, 0) is 9.53 Å². The summed E-state index contributed by atoms with van der Waals surface area (Å²) in [6.45, 7) is 0.446.